The molecule has 0 amide bonds. The molecule has 4 heteroatoms. The van der Waals surface area contributed by atoms with E-state index in [1.54, 1.807) is 0 Å². The van der Waals surface area contributed by atoms with E-state index in [2.05, 4.69) is 0 Å². The fraction of sp³-hybridized carbons (Fsp3) is 1.00. The van der Waals surface area contributed by atoms with Crippen molar-refractivity contribution >= 4 is 0 Å². The molecular formula is C3H8FNaO2. The maximum atomic E-state index is 7.91. The molecular weight excluding hydrogens is 110 g/mol. The zero-order valence-corrected chi connectivity index (χ0v) is 6.39. The topological polar surface area (TPSA) is 40.5 Å². The maximum Gasteiger partial charge on any atom is 1.00 e. The van der Waals surface area contributed by atoms with Crippen LogP contribution in [0.15, 0.2) is 0 Å². The van der Waals surface area contributed by atoms with E-state index in [0.717, 1.165) is 0 Å². The van der Waals surface area contributed by atoms with Gasteiger partial charge in [0.05, 0.1) is 0 Å². The molecule has 0 radical (unpaired) electrons. The van der Waals surface area contributed by atoms with Gasteiger partial charge in [0.25, 0.3) is 0 Å². The summed E-state index contributed by atoms with van der Waals surface area (Å²) in [6, 6.07) is 0. The minimum Gasteiger partial charge on any atom is -1.00 e. The van der Waals surface area contributed by atoms with Gasteiger partial charge in [-0.3, -0.25) is 0 Å². The number of halogens is 1. The van der Waals surface area contributed by atoms with Crippen molar-refractivity contribution in [3.05, 3.63) is 0 Å². The van der Waals surface area contributed by atoms with Gasteiger partial charge in [-0.05, 0) is 6.42 Å². The van der Waals surface area contributed by atoms with Crippen LogP contribution in [0.2, 0.25) is 0 Å². The van der Waals surface area contributed by atoms with E-state index in [4.69, 9.17) is 10.2 Å². The predicted octanol–water partition coefficient (Wildman–Crippen LogP) is -6.63. The number of rotatable bonds is 2. The van der Waals surface area contributed by atoms with E-state index < -0.39 is 0 Å². The summed E-state index contributed by atoms with van der Waals surface area (Å²) in [5, 5.41) is 15.8. The van der Waals surface area contributed by atoms with Crippen LogP contribution >= 0.6 is 0 Å². The summed E-state index contributed by atoms with van der Waals surface area (Å²) >= 11 is 0. The Morgan fingerprint density at radius 2 is 1.29 bits per heavy atom. The smallest absolute Gasteiger partial charge is 1.00 e. The van der Waals surface area contributed by atoms with Crippen molar-refractivity contribution < 1.29 is 44.5 Å². The average molecular weight is 118 g/mol. The summed E-state index contributed by atoms with van der Waals surface area (Å²) in [5.74, 6) is 0. The van der Waals surface area contributed by atoms with E-state index in [1.807, 2.05) is 0 Å². The number of hydrogen-bond donors (Lipinski definition) is 2. The van der Waals surface area contributed by atoms with Gasteiger partial charge in [0, 0.05) is 13.2 Å². The van der Waals surface area contributed by atoms with E-state index >= 15 is 0 Å². The molecule has 0 bridgehead atoms. The number of aliphatic hydroxyl groups is 2. The molecule has 0 heterocycles. The van der Waals surface area contributed by atoms with E-state index in [-0.39, 0.29) is 47.5 Å². The SMILES string of the molecule is OCCCO.[F-].[Na+]. The molecule has 0 aromatic heterocycles. The fourth-order valence-corrected chi connectivity index (χ4v) is 0.0707. The molecule has 0 aliphatic heterocycles. The van der Waals surface area contributed by atoms with Gasteiger partial charge in [-0.2, -0.15) is 0 Å². The second-order valence-corrected chi connectivity index (χ2v) is 0.801. The van der Waals surface area contributed by atoms with Gasteiger partial charge < -0.3 is 14.9 Å². The third-order valence-corrected chi connectivity index (χ3v) is 0.316. The average Bonchev–Trinajstić information content (AvgIpc) is 1.41. The molecule has 0 saturated heterocycles. The van der Waals surface area contributed by atoms with E-state index in [0.29, 0.717) is 6.42 Å². The van der Waals surface area contributed by atoms with Crippen molar-refractivity contribution in [2.24, 2.45) is 0 Å². The third-order valence-electron chi connectivity index (χ3n) is 0.316. The molecule has 2 nitrogen and oxygen atoms in total. The van der Waals surface area contributed by atoms with Gasteiger partial charge in [-0.25, -0.2) is 0 Å². The Morgan fingerprint density at radius 1 is 1.00 bits per heavy atom. The van der Waals surface area contributed by atoms with E-state index in [1.165, 1.54) is 0 Å². The molecule has 0 spiro atoms. The molecule has 0 unspecified atom stereocenters. The summed E-state index contributed by atoms with van der Waals surface area (Å²) in [4.78, 5) is 0. The van der Waals surface area contributed by atoms with Crippen LogP contribution in [0.5, 0.6) is 0 Å². The monoisotopic (exact) mass is 118 g/mol. The van der Waals surface area contributed by atoms with Gasteiger partial charge >= 0.3 is 29.6 Å². The van der Waals surface area contributed by atoms with Crippen molar-refractivity contribution in [1.82, 2.24) is 0 Å². The first-order valence-electron chi connectivity index (χ1n) is 1.63. The van der Waals surface area contributed by atoms with Crippen LogP contribution in [-0.4, -0.2) is 23.4 Å². The molecule has 0 aromatic rings. The van der Waals surface area contributed by atoms with Crippen LogP contribution in [0, 0.1) is 0 Å². The summed E-state index contributed by atoms with van der Waals surface area (Å²) in [6.07, 6.45) is 0.500. The Morgan fingerprint density at radius 3 is 1.29 bits per heavy atom. The minimum absolute atomic E-state index is 0. The zero-order chi connectivity index (χ0) is 4.12. The number of hydrogen-bond acceptors (Lipinski definition) is 2. The number of aliphatic hydroxyl groups excluding tert-OH is 2. The van der Waals surface area contributed by atoms with Crippen molar-refractivity contribution in [1.29, 1.82) is 0 Å². The Labute approximate surface area is 64.2 Å². The Bertz CT molecular complexity index is 20.4. The standard InChI is InChI=1S/C3H8O2.FH.Na/c4-2-1-3-5;;/h4-5H,1-3H2;1H;/q;;+1/p-1. The van der Waals surface area contributed by atoms with Crippen LogP contribution in [0.25, 0.3) is 0 Å². The van der Waals surface area contributed by atoms with E-state index in [9.17, 15) is 0 Å². The first kappa shape index (κ1) is 15.7. The first-order chi connectivity index (χ1) is 2.41. The van der Waals surface area contributed by atoms with Crippen LogP contribution in [-0.2, 0) is 0 Å². The van der Waals surface area contributed by atoms with Crippen LogP contribution in [0.3, 0.4) is 0 Å². The van der Waals surface area contributed by atoms with Crippen molar-refractivity contribution in [2.45, 2.75) is 6.42 Å². The molecule has 2 N–H and O–H groups in total. The first-order valence-corrected chi connectivity index (χ1v) is 1.63. The molecule has 0 aliphatic carbocycles. The molecule has 40 valence electrons. The molecule has 0 rings (SSSR count). The van der Waals surface area contributed by atoms with Crippen LogP contribution in [0.4, 0.5) is 0 Å². The zero-order valence-electron chi connectivity index (χ0n) is 4.39. The Balaban J connectivity index is -0.0000000800. The summed E-state index contributed by atoms with van der Waals surface area (Å²) < 4.78 is 0. The Hall–Kier alpha value is 0.850. The largest absolute Gasteiger partial charge is 1.00 e. The van der Waals surface area contributed by atoms with Gasteiger partial charge in [0.2, 0.25) is 0 Å². The molecule has 0 aromatic carbocycles. The quantitative estimate of drug-likeness (QED) is 0.354. The van der Waals surface area contributed by atoms with Crippen LogP contribution < -0.4 is 34.3 Å². The summed E-state index contributed by atoms with van der Waals surface area (Å²) in [7, 11) is 0. The van der Waals surface area contributed by atoms with Gasteiger partial charge in [-0.1, -0.05) is 0 Å². The van der Waals surface area contributed by atoms with Crippen molar-refractivity contribution in [3.8, 4) is 0 Å². The normalized spacial score (nSPS) is 6.00. The van der Waals surface area contributed by atoms with Gasteiger partial charge in [-0.15, -0.1) is 0 Å². The molecule has 7 heavy (non-hydrogen) atoms. The molecule has 0 saturated carbocycles. The third kappa shape index (κ3) is 19.8. The maximum absolute atomic E-state index is 7.91. The second kappa shape index (κ2) is 15.8. The predicted molar refractivity (Wildman–Crippen MR) is 18.8 cm³/mol. The van der Waals surface area contributed by atoms with Crippen LogP contribution in [0.1, 0.15) is 6.42 Å². The van der Waals surface area contributed by atoms with Gasteiger partial charge in [0.1, 0.15) is 0 Å². The Kier molecular flexibility index (Phi) is 35.4. The van der Waals surface area contributed by atoms with Crippen molar-refractivity contribution in [2.75, 3.05) is 13.2 Å². The fourth-order valence-electron chi connectivity index (χ4n) is 0.0707. The minimum atomic E-state index is 0. The van der Waals surface area contributed by atoms with Crippen molar-refractivity contribution in [3.63, 3.8) is 0 Å². The molecule has 0 atom stereocenters. The summed E-state index contributed by atoms with van der Waals surface area (Å²) in [6.45, 7) is 0.188. The second-order valence-electron chi connectivity index (χ2n) is 0.801. The molecule has 0 fully saturated rings. The molecule has 0 aliphatic rings. The summed E-state index contributed by atoms with van der Waals surface area (Å²) in [5.41, 5.74) is 0. The van der Waals surface area contributed by atoms with Gasteiger partial charge in [0.15, 0.2) is 0 Å².